The summed E-state index contributed by atoms with van der Waals surface area (Å²) in [6, 6.07) is 9.39. The predicted molar refractivity (Wildman–Crippen MR) is 83.4 cm³/mol. The van der Waals surface area contributed by atoms with E-state index >= 15 is 0 Å². The van der Waals surface area contributed by atoms with Gasteiger partial charge in [-0.25, -0.2) is 0 Å². The van der Waals surface area contributed by atoms with Gasteiger partial charge in [0, 0.05) is 15.3 Å². The second kappa shape index (κ2) is 5.59. The molecule has 0 amide bonds. The lowest BCUT2D eigenvalue weighted by molar-refractivity contribution is 0.313. The largest absolute Gasteiger partial charge is 0.382 e. The molecule has 1 N–H and O–H groups in total. The fourth-order valence-electron chi connectivity index (χ4n) is 2.59. The molecule has 1 unspecified atom stereocenters. The molecule has 0 spiro atoms. The first-order chi connectivity index (χ1) is 8.05. The van der Waals surface area contributed by atoms with Crippen LogP contribution in [0.4, 0.5) is 5.69 Å². The van der Waals surface area contributed by atoms with Crippen molar-refractivity contribution in [2.24, 2.45) is 5.41 Å². The summed E-state index contributed by atoms with van der Waals surface area (Å²) in [5.74, 6) is 0. The van der Waals surface area contributed by atoms with E-state index in [1.54, 1.807) is 0 Å². The van der Waals surface area contributed by atoms with E-state index in [1.807, 2.05) is 0 Å². The second-order valence-corrected chi connectivity index (χ2v) is 7.19. The van der Waals surface area contributed by atoms with Crippen molar-refractivity contribution in [1.29, 1.82) is 0 Å². The maximum atomic E-state index is 3.68. The van der Waals surface area contributed by atoms with Crippen LogP contribution in [0.25, 0.3) is 0 Å². The Morgan fingerprint density at radius 1 is 1.12 bits per heavy atom. The van der Waals surface area contributed by atoms with E-state index in [0.29, 0.717) is 11.5 Å². The standard InChI is InChI=1S/C15H22IN/c1-15(2)10-3-4-13(9-11-15)17-14-7-5-12(16)6-8-14/h5-8,13,17H,3-4,9-11H2,1-2H3. The molecule has 0 bridgehead atoms. The molecule has 0 heterocycles. The molecule has 0 radical (unpaired) electrons. The molecule has 0 saturated heterocycles. The number of rotatable bonds is 2. The summed E-state index contributed by atoms with van der Waals surface area (Å²) in [5.41, 5.74) is 1.82. The molecule has 1 atom stereocenters. The zero-order valence-electron chi connectivity index (χ0n) is 10.8. The summed E-state index contributed by atoms with van der Waals surface area (Å²) in [4.78, 5) is 0. The molecule has 1 nitrogen and oxygen atoms in total. The summed E-state index contributed by atoms with van der Waals surface area (Å²) >= 11 is 2.35. The maximum absolute atomic E-state index is 3.68. The lowest BCUT2D eigenvalue weighted by Gasteiger charge is -2.22. The minimum absolute atomic E-state index is 0.544. The molecule has 1 fully saturated rings. The van der Waals surface area contributed by atoms with Gasteiger partial charge >= 0.3 is 0 Å². The van der Waals surface area contributed by atoms with Crippen LogP contribution in [0.5, 0.6) is 0 Å². The number of hydrogen-bond donors (Lipinski definition) is 1. The predicted octanol–water partition coefficient (Wildman–Crippen LogP) is 5.06. The van der Waals surface area contributed by atoms with E-state index in [4.69, 9.17) is 0 Å². The van der Waals surface area contributed by atoms with Gasteiger partial charge in [-0.2, -0.15) is 0 Å². The monoisotopic (exact) mass is 343 g/mol. The normalized spacial score (nSPS) is 24.1. The first-order valence-electron chi connectivity index (χ1n) is 6.57. The van der Waals surface area contributed by atoms with Crippen LogP contribution >= 0.6 is 22.6 Å². The van der Waals surface area contributed by atoms with Crippen molar-refractivity contribution >= 4 is 28.3 Å². The summed E-state index contributed by atoms with van der Waals surface area (Å²) in [7, 11) is 0. The highest BCUT2D eigenvalue weighted by molar-refractivity contribution is 14.1. The van der Waals surface area contributed by atoms with Gasteiger partial charge in [0.1, 0.15) is 0 Å². The Morgan fingerprint density at radius 2 is 1.82 bits per heavy atom. The Kier molecular flexibility index (Phi) is 4.34. The van der Waals surface area contributed by atoms with Crippen LogP contribution in [0.2, 0.25) is 0 Å². The maximum Gasteiger partial charge on any atom is 0.0343 e. The van der Waals surface area contributed by atoms with Gasteiger partial charge in [0.15, 0.2) is 0 Å². The van der Waals surface area contributed by atoms with Crippen molar-refractivity contribution in [3.05, 3.63) is 27.8 Å². The quantitative estimate of drug-likeness (QED) is 0.584. The van der Waals surface area contributed by atoms with Crippen molar-refractivity contribution < 1.29 is 0 Å². The Labute approximate surface area is 119 Å². The van der Waals surface area contributed by atoms with E-state index in [1.165, 1.54) is 41.4 Å². The smallest absolute Gasteiger partial charge is 0.0343 e. The van der Waals surface area contributed by atoms with Crippen molar-refractivity contribution in [3.8, 4) is 0 Å². The van der Waals surface area contributed by atoms with Crippen molar-refractivity contribution in [2.75, 3.05) is 5.32 Å². The van der Waals surface area contributed by atoms with Gasteiger partial charge in [0.05, 0.1) is 0 Å². The van der Waals surface area contributed by atoms with E-state index in [9.17, 15) is 0 Å². The molecule has 0 aliphatic heterocycles. The van der Waals surface area contributed by atoms with Gasteiger partial charge < -0.3 is 5.32 Å². The Bertz CT molecular complexity index is 356. The molecular formula is C15H22IN. The number of benzene rings is 1. The van der Waals surface area contributed by atoms with Crippen LogP contribution in [-0.4, -0.2) is 6.04 Å². The molecule has 1 aliphatic carbocycles. The Balaban J connectivity index is 1.93. The highest BCUT2D eigenvalue weighted by Gasteiger charge is 2.24. The average Bonchev–Trinajstić information content (AvgIpc) is 2.44. The fourth-order valence-corrected chi connectivity index (χ4v) is 2.95. The lowest BCUT2D eigenvalue weighted by atomic mass is 9.85. The summed E-state index contributed by atoms with van der Waals surface area (Å²) in [5, 5.41) is 3.68. The van der Waals surface area contributed by atoms with Gasteiger partial charge in [-0.1, -0.05) is 20.3 Å². The molecule has 94 valence electrons. The number of halogens is 1. The zero-order valence-corrected chi connectivity index (χ0v) is 13.0. The third-order valence-corrected chi connectivity index (χ3v) is 4.51. The van der Waals surface area contributed by atoms with E-state index in [0.717, 1.165) is 0 Å². The van der Waals surface area contributed by atoms with Crippen LogP contribution in [0.1, 0.15) is 46.0 Å². The number of anilines is 1. The average molecular weight is 343 g/mol. The summed E-state index contributed by atoms with van der Waals surface area (Å²) < 4.78 is 1.30. The number of hydrogen-bond acceptors (Lipinski definition) is 1. The van der Waals surface area contributed by atoms with Crippen molar-refractivity contribution in [3.63, 3.8) is 0 Å². The van der Waals surface area contributed by atoms with Crippen LogP contribution in [0.15, 0.2) is 24.3 Å². The summed E-state index contributed by atoms with van der Waals surface area (Å²) in [6.07, 6.45) is 6.69. The van der Waals surface area contributed by atoms with Gasteiger partial charge in [0.2, 0.25) is 0 Å². The Morgan fingerprint density at radius 3 is 2.53 bits per heavy atom. The Hall–Kier alpha value is -0.250. The number of nitrogens with one attached hydrogen (secondary N) is 1. The second-order valence-electron chi connectivity index (χ2n) is 5.94. The van der Waals surface area contributed by atoms with Crippen molar-refractivity contribution in [2.45, 2.75) is 52.0 Å². The molecule has 1 aromatic rings. The topological polar surface area (TPSA) is 12.0 Å². The first kappa shape index (κ1) is 13.2. The van der Waals surface area contributed by atoms with E-state index < -0.39 is 0 Å². The molecule has 17 heavy (non-hydrogen) atoms. The molecule has 2 rings (SSSR count). The van der Waals surface area contributed by atoms with Gasteiger partial charge in [0.25, 0.3) is 0 Å². The lowest BCUT2D eigenvalue weighted by Crippen LogP contribution is -2.19. The summed E-state index contributed by atoms with van der Waals surface area (Å²) in [6.45, 7) is 4.81. The molecule has 2 heteroatoms. The van der Waals surface area contributed by atoms with Crippen molar-refractivity contribution in [1.82, 2.24) is 0 Å². The van der Waals surface area contributed by atoms with Crippen LogP contribution in [0, 0.1) is 8.99 Å². The van der Waals surface area contributed by atoms with Crippen LogP contribution < -0.4 is 5.32 Å². The van der Waals surface area contributed by atoms with Gasteiger partial charge in [-0.15, -0.1) is 0 Å². The molecular weight excluding hydrogens is 321 g/mol. The minimum atomic E-state index is 0.544. The highest BCUT2D eigenvalue weighted by atomic mass is 127. The van der Waals surface area contributed by atoms with Crippen LogP contribution in [0.3, 0.4) is 0 Å². The first-order valence-corrected chi connectivity index (χ1v) is 7.65. The molecule has 0 aromatic heterocycles. The van der Waals surface area contributed by atoms with Gasteiger partial charge in [-0.3, -0.25) is 0 Å². The third kappa shape index (κ3) is 4.16. The zero-order chi connectivity index (χ0) is 12.3. The molecule has 1 aliphatic rings. The highest BCUT2D eigenvalue weighted by Crippen LogP contribution is 2.34. The molecule has 1 saturated carbocycles. The van der Waals surface area contributed by atoms with E-state index in [2.05, 4.69) is 66.0 Å². The van der Waals surface area contributed by atoms with Crippen LogP contribution in [-0.2, 0) is 0 Å². The van der Waals surface area contributed by atoms with Gasteiger partial charge in [-0.05, 0) is 78.0 Å². The fraction of sp³-hybridized carbons (Fsp3) is 0.600. The van der Waals surface area contributed by atoms with E-state index in [-0.39, 0.29) is 0 Å². The minimum Gasteiger partial charge on any atom is -0.382 e. The molecule has 1 aromatic carbocycles. The SMILES string of the molecule is CC1(C)CCCC(Nc2ccc(I)cc2)CC1. The third-order valence-electron chi connectivity index (χ3n) is 3.79.